The van der Waals surface area contributed by atoms with E-state index in [9.17, 15) is 19.5 Å². The summed E-state index contributed by atoms with van der Waals surface area (Å²) < 4.78 is 15.5. The third-order valence-electron chi connectivity index (χ3n) is 4.09. The van der Waals surface area contributed by atoms with Crippen LogP contribution in [0.25, 0.3) is 22.1 Å². The minimum Gasteiger partial charge on any atom is -0.497 e. The average molecular weight is 357 g/mol. The lowest BCUT2D eigenvalue weighted by molar-refractivity contribution is -0.138. The van der Waals surface area contributed by atoms with E-state index in [-0.39, 0.29) is 33.3 Å². The van der Waals surface area contributed by atoms with E-state index in [0.717, 1.165) is 7.11 Å². The number of carboxylic acids is 1. The SMILES string of the molecule is COC(=O)c1cc2c(=O)c3cc(OC)ccc3oc2nc1C(C)C(=O)O. The van der Waals surface area contributed by atoms with Crippen molar-refractivity contribution < 1.29 is 28.6 Å². The van der Waals surface area contributed by atoms with Crippen molar-refractivity contribution in [2.45, 2.75) is 12.8 Å². The van der Waals surface area contributed by atoms with Crippen LogP contribution in [0.2, 0.25) is 0 Å². The van der Waals surface area contributed by atoms with Crippen LogP contribution in [0.1, 0.15) is 28.9 Å². The van der Waals surface area contributed by atoms with Crippen LogP contribution in [0.15, 0.2) is 33.5 Å². The number of methoxy groups -OCH3 is 2. The molecule has 0 saturated carbocycles. The lowest BCUT2D eigenvalue weighted by atomic mass is 10.0. The minimum absolute atomic E-state index is 0.0344. The number of ether oxygens (including phenoxy) is 2. The van der Waals surface area contributed by atoms with Crippen molar-refractivity contribution in [1.29, 1.82) is 0 Å². The third-order valence-corrected chi connectivity index (χ3v) is 4.09. The highest BCUT2D eigenvalue weighted by molar-refractivity contribution is 5.98. The molecule has 2 aromatic heterocycles. The van der Waals surface area contributed by atoms with Gasteiger partial charge in [-0.2, -0.15) is 0 Å². The zero-order chi connectivity index (χ0) is 19.0. The molecule has 0 aliphatic rings. The van der Waals surface area contributed by atoms with E-state index in [4.69, 9.17) is 13.9 Å². The Bertz CT molecular complexity index is 1100. The van der Waals surface area contributed by atoms with Crippen LogP contribution >= 0.6 is 0 Å². The van der Waals surface area contributed by atoms with Gasteiger partial charge in [0, 0.05) is 0 Å². The number of carboxylic acid groups (broad SMARTS) is 1. The standard InChI is InChI=1S/C18H15NO7/c1-8(17(21)22)14-11(18(23)25-3)7-12-15(20)10-6-9(24-2)4-5-13(10)26-16(12)19-14/h4-8H,1-3H3,(H,21,22). The third kappa shape index (κ3) is 2.75. The molecule has 2 heterocycles. The summed E-state index contributed by atoms with van der Waals surface area (Å²) in [6.45, 7) is 1.38. The maximum absolute atomic E-state index is 12.8. The lowest BCUT2D eigenvalue weighted by Crippen LogP contribution is -2.17. The van der Waals surface area contributed by atoms with Crippen molar-refractivity contribution in [3.05, 3.63) is 45.7 Å². The Hall–Kier alpha value is -3.42. The summed E-state index contributed by atoms with van der Waals surface area (Å²) in [6, 6.07) is 5.96. The molecule has 0 amide bonds. The largest absolute Gasteiger partial charge is 0.497 e. The fourth-order valence-corrected chi connectivity index (χ4v) is 2.62. The number of hydrogen-bond acceptors (Lipinski definition) is 7. The molecule has 0 spiro atoms. The summed E-state index contributed by atoms with van der Waals surface area (Å²) >= 11 is 0. The Morgan fingerprint density at radius 1 is 1.19 bits per heavy atom. The van der Waals surface area contributed by atoms with Crippen LogP contribution in [0.5, 0.6) is 5.75 Å². The number of aliphatic carboxylic acids is 1. The van der Waals surface area contributed by atoms with Crippen molar-refractivity contribution in [3.8, 4) is 5.75 Å². The second-order valence-corrected chi connectivity index (χ2v) is 5.62. The Kier molecular flexibility index (Phi) is 4.33. The lowest BCUT2D eigenvalue weighted by Gasteiger charge is -2.12. The van der Waals surface area contributed by atoms with Gasteiger partial charge in [0.15, 0.2) is 0 Å². The maximum atomic E-state index is 12.8. The molecule has 1 aromatic carbocycles. The Morgan fingerprint density at radius 3 is 2.54 bits per heavy atom. The highest BCUT2D eigenvalue weighted by Crippen LogP contribution is 2.26. The molecule has 0 bridgehead atoms. The molecule has 0 aliphatic carbocycles. The number of rotatable bonds is 4. The first-order valence-electron chi connectivity index (χ1n) is 7.64. The smallest absolute Gasteiger partial charge is 0.339 e. The molecule has 8 nitrogen and oxygen atoms in total. The number of nitrogens with zero attached hydrogens (tertiary/aromatic N) is 1. The van der Waals surface area contributed by atoms with Crippen molar-refractivity contribution in [3.63, 3.8) is 0 Å². The molecule has 0 fully saturated rings. The molecule has 3 rings (SSSR count). The van der Waals surface area contributed by atoms with E-state index in [2.05, 4.69) is 4.98 Å². The first-order chi connectivity index (χ1) is 12.4. The van der Waals surface area contributed by atoms with Crippen molar-refractivity contribution in [2.75, 3.05) is 14.2 Å². The molecule has 1 N–H and O–H groups in total. The van der Waals surface area contributed by atoms with E-state index in [1.807, 2.05) is 0 Å². The Labute approximate surface area is 147 Å². The quantitative estimate of drug-likeness (QED) is 0.559. The van der Waals surface area contributed by atoms with Gasteiger partial charge in [-0.1, -0.05) is 0 Å². The molecule has 1 unspecified atom stereocenters. The van der Waals surface area contributed by atoms with Gasteiger partial charge in [-0.15, -0.1) is 0 Å². The number of carbonyl (C=O) groups excluding carboxylic acids is 1. The second kappa shape index (κ2) is 6.47. The summed E-state index contributed by atoms with van der Waals surface area (Å²) in [6.07, 6.45) is 0. The van der Waals surface area contributed by atoms with Crippen LogP contribution in [0.4, 0.5) is 0 Å². The maximum Gasteiger partial charge on any atom is 0.339 e. The zero-order valence-electron chi connectivity index (χ0n) is 14.2. The molecular weight excluding hydrogens is 342 g/mol. The van der Waals surface area contributed by atoms with Crippen molar-refractivity contribution >= 4 is 34.0 Å². The number of pyridine rings is 1. The summed E-state index contributed by atoms with van der Waals surface area (Å²) in [4.78, 5) is 40.4. The number of carbonyl (C=O) groups is 2. The number of benzene rings is 1. The molecule has 1 atom stereocenters. The minimum atomic E-state index is -1.17. The normalized spacial score (nSPS) is 12.1. The summed E-state index contributed by atoms with van der Waals surface area (Å²) in [5.41, 5.74) is -0.316. The van der Waals surface area contributed by atoms with E-state index in [1.54, 1.807) is 12.1 Å². The fourth-order valence-electron chi connectivity index (χ4n) is 2.62. The predicted octanol–water partition coefficient (Wildman–Crippen LogP) is 2.32. The number of fused-ring (bicyclic) bond motifs is 2. The zero-order valence-corrected chi connectivity index (χ0v) is 14.2. The Morgan fingerprint density at radius 2 is 1.92 bits per heavy atom. The van der Waals surface area contributed by atoms with E-state index in [1.165, 1.54) is 26.2 Å². The average Bonchev–Trinajstić information content (AvgIpc) is 2.65. The van der Waals surface area contributed by atoms with E-state index >= 15 is 0 Å². The molecule has 134 valence electrons. The van der Waals surface area contributed by atoms with Crippen LogP contribution < -0.4 is 10.2 Å². The number of aromatic nitrogens is 1. The van der Waals surface area contributed by atoms with Gasteiger partial charge >= 0.3 is 11.9 Å². The van der Waals surface area contributed by atoms with E-state index < -0.39 is 23.3 Å². The van der Waals surface area contributed by atoms with Gasteiger partial charge in [-0.3, -0.25) is 9.59 Å². The van der Waals surface area contributed by atoms with Crippen LogP contribution in [0.3, 0.4) is 0 Å². The highest BCUT2D eigenvalue weighted by Gasteiger charge is 2.26. The second-order valence-electron chi connectivity index (χ2n) is 5.62. The number of hydrogen-bond donors (Lipinski definition) is 1. The molecular formula is C18H15NO7. The summed E-state index contributed by atoms with van der Waals surface area (Å²) in [5, 5.41) is 9.58. The molecule has 26 heavy (non-hydrogen) atoms. The fraction of sp³-hybridized carbons (Fsp3) is 0.222. The predicted molar refractivity (Wildman–Crippen MR) is 91.7 cm³/mol. The van der Waals surface area contributed by atoms with Crippen molar-refractivity contribution in [2.24, 2.45) is 0 Å². The van der Waals surface area contributed by atoms with Gasteiger partial charge in [0.25, 0.3) is 0 Å². The van der Waals surface area contributed by atoms with Gasteiger partial charge in [0.1, 0.15) is 11.3 Å². The van der Waals surface area contributed by atoms with E-state index in [0.29, 0.717) is 5.75 Å². The van der Waals surface area contributed by atoms with Crippen LogP contribution in [0, 0.1) is 0 Å². The molecule has 0 aliphatic heterocycles. The van der Waals surface area contributed by atoms with Crippen molar-refractivity contribution in [1.82, 2.24) is 4.98 Å². The number of esters is 1. The molecule has 0 radical (unpaired) electrons. The van der Waals surface area contributed by atoms with Gasteiger partial charge < -0.3 is 19.0 Å². The highest BCUT2D eigenvalue weighted by atomic mass is 16.5. The van der Waals surface area contributed by atoms with Gasteiger partial charge in [0.05, 0.1) is 42.2 Å². The Balaban J connectivity index is 2.40. The van der Waals surface area contributed by atoms with Crippen LogP contribution in [-0.2, 0) is 9.53 Å². The van der Waals surface area contributed by atoms with Gasteiger partial charge in [-0.25, -0.2) is 9.78 Å². The topological polar surface area (TPSA) is 116 Å². The molecule has 3 aromatic rings. The monoisotopic (exact) mass is 357 g/mol. The summed E-state index contributed by atoms with van der Waals surface area (Å²) in [7, 11) is 2.63. The molecule has 0 saturated heterocycles. The first kappa shape index (κ1) is 17.4. The summed E-state index contributed by atoms with van der Waals surface area (Å²) in [5.74, 6) is -2.57. The first-order valence-corrected chi connectivity index (χ1v) is 7.64. The van der Waals surface area contributed by atoms with Gasteiger partial charge in [0.2, 0.25) is 11.1 Å². The molecule has 8 heteroatoms. The van der Waals surface area contributed by atoms with Crippen LogP contribution in [-0.4, -0.2) is 36.2 Å². The van der Waals surface area contributed by atoms with Gasteiger partial charge in [-0.05, 0) is 31.2 Å².